The first kappa shape index (κ1) is 20.3. The first-order chi connectivity index (χ1) is 15.4. The van der Waals surface area contributed by atoms with Gasteiger partial charge in [-0.3, -0.25) is 19.5 Å². The van der Waals surface area contributed by atoms with E-state index in [2.05, 4.69) is 15.2 Å². The van der Waals surface area contributed by atoms with Crippen LogP contribution in [0.4, 0.5) is 0 Å². The number of hydrogen-bond acceptors (Lipinski definition) is 4. The highest BCUT2D eigenvalue weighted by Crippen LogP contribution is 2.45. The van der Waals surface area contributed by atoms with Crippen molar-refractivity contribution in [2.45, 2.75) is 44.2 Å². The molecule has 2 aromatic heterocycles. The van der Waals surface area contributed by atoms with E-state index in [-0.39, 0.29) is 29.7 Å². The Morgan fingerprint density at radius 1 is 1.25 bits per heavy atom. The molecule has 1 fully saturated rings. The highest BCUT2D eigenvalue weighted by Gasteiger charge is 2.49. The summed E-state index contributed by atoms with van der Waals surface area (Å²) in [6.45, 7) is 0.874. The minimum Gasteiger partial charge on any atom is -0.370 e. The largest absolute Gasteiger partial charge is 0.370 e. The molecule has 1 saturated carbocycles. The Morgan fingerprint density at radius 2 is 2.03 bits per heavy atom. The highest BCUT2D eigenvalue weighted by atomic mass is 16.2. The van der Waals surface area contributed by atoms with Gasteiger partial charge in [-0.2, -0.15) is 5.10 Å². The Labute approximate surface area is 184 Å². The Balaban J connectivity index is 1.35. The van der Waals surface area contributed by atoms with Gasteiger partial charge >= 0.3 is 0 Å². The van der Waals surface area contributed by atoms with Crippen molar-refractivity contribution >= 4 is 28.6 Å². The van der Waals surface area contributed by atoms with Crippen LogP contribution in [-0.4, -0.2) is 61.8 Å². The molecular weight excluding hydrogens is 408 g/mol. The number of benzene rings is 1. The lowest BCUT2D eigenvalue weighted by Crippen LogP contribution is -2.41. The van der Waals surface area contributed by atoms with Crippen LogP contribution in [-0.2, 0) is 17.8 Å². The lowest BCUT2D eigenvalue weighted by molar-refractivity contribution is -0.118. The van der Waals surface area contributed by atoms with Crippen LogP contribution >= 0.6 is 0 Å². The van der Waals surface area contributed by atoms with Crippen LogP contribution in [0.1, 0.15) is 57.9 Å². The van der Waals surface area contributed by atoms with Gasteiger partial charge in [0.05, 0.1) is 6.54 Å². The van der Waals surface area contributed by atoms with E-state index in [4.69, 9.17) is 5.73 Å². The van der Waals surface area contributed by atoms with Crippen LogP contribution in [0.3, 0.4) is 0 Å². The van der Waals surface area contributed by atoms with Gasteiger partial charge in [-0.25, -0.2) is 0 Å². The van der Waals surface area contributed by atoms with Crippen molar-refractivity contribution in [2.24, 2.45) is 5.73 Å². The number of amides is 3. The Hall–Kier alpha value is -3.62. The van der Waals surface area contributed by atoms with Gasteiger partial charge in [0.1, 0.15) is 5.69 Å². The highest BCUT2D eigenvalue weighted by molar-refractivity contribution is 5.99. The fourth-order valence-corrected chi connectivity index (χ4v) is 4.63. The van der Waals surface area contributed by atoms with Crippen molar-refractivity contribution in [1.82, 2.24) is 25.0 Å². The molecule has 0 unspecified atom stereocenters. The zero-order chi connectivity index (χ0) is 22.5. The van der Waals surface area contributed by atoms with Crippen molar-refractivity contribution in [3.05, 3.63) is 53.0 Å². The smallest absolute Gasteiger partial charge is 0.274 e. The van der Waals surface area contributed by atoms with Crippen LogP contribution in [0.25, 0.3) is 10.9 Å². The molecule has 0 radical (unpaired) electrons. The van der Waals surface area contributed by atoms with Gasteiger partial charge in [0.2, 0.25) is 5.91 Å². The first-order valence-electron chi connectivity index (χ1n) is 10.9. The molecule has 3 heterocycles. The molecule has 9 heteroatoms. The van der Waals surface area contributed by atoms with Crippen molar-refractivity contribution in [1.29, 1.82) is 0 Å². The number of para-hydroxylation sites is 1. The number of fused-ring (bicyclic) bond motifs is 2. The zero-order valence-electron chi connectivity index (χ0n) is 18.0. The lowest BCUT2D eigenvalue weighted by Gasteiger charge is -2.29. The van der Waals surface area contributed by atoms with E-state index >= 15 is 0 Å². The van der Waals surface area contributed by atoms with Crippen molar-refractivity contribution < 1.29 is 14.4 Å². The number of H-pyrrole nitrogens is 2. The summed E-state index contributed by atoms with van der Waals surface area (Å²) in [6, 6.07) is 9.63. The number of carbonyl (C=O) groups is 3. The molecule has 3 amide bonds. The van der Waals surface area contributed by atoms with E-state index < -0.39 is 0 Å². The van der Waals surface area contributed by atoms with Crippen LogP contribution in [0.15, 0.2) is 30.3 Å². The third kappa shape index (κ3) is 3.43. The third-order valence-corrected chi connectivity index (χ3v) is 6.86. The molecular formula is C23H26N6O3. The Kier molecular flexibility index (Phi) is 4.76. The molecule has 1 aliphatic heterocycles. The Bertz CT molecular complexity index is 1190. The van der Waals surface area contributed by atoms with Gasteiger partial charge in [0.15, 0.2) is 5.69 Å². The molecule has 9 nitrogen and oxygen atoms in total. The number of nitrogens with two attached hydrogens (primary N) is 1. The molecule has 0 saturated heterocycles. The van der Waals surface area contributed by atoms with Crippen LogP contribution < -0.4 is 5.73 Å². The van der Waals surface area contributed by atoms with E-state index in [9.17, 15) is 14.4 Å². The van der Waals surface area contributed by atoms with E-state index in [1.54, 1.807) is 16.8 Å². The molecule has 0 spiro atoms. The normalized spacial score (nSPS) is 16.6. The summed E-state index contributed by atoms with van der Waals surface area (Å²) in [5.41, 5.74) is 8.44. The number of aromatic amines is 2. The van der Waals surface area contributed by atoms with Crippen LogP contribution in [0.2, 0.25) is 0 Å². The minimum atomic E-state index is -0.361. The van der Waals surface area contributed by atoms with Crippen LogP contribution in [0, 0.1) is 0 Å². The molecule has 5 rings (SSSR count). The monoisotopic (exact) mass is 434 g/mol. The summed E-state index contributed by atoms with van der Waals surface area (Å²) in [5.74, 6) is -0.648. The molecule has 3 aromatic rings. The standard InChI is InChI=1S/C23H26N6O3/c1-28(23(9-10-23)8-6-19(24)30)22(32)20-15-13-29(11-7-17(15)26-27-20)21(31)18-12-14-4-2-3-5-16(14)25-18/h2-5,12,25H,6-11,13H2,1H3,(H2,24,30)(H,26,27). The number of primary amides is 1. The third-order valence-electron chi connectivity index (χ3n) is 6.86. The summed E-state index contributed by atoms with van der Waals surface area (Å²) >= 11 is 0. The molecule has 166 valence electrons. The van der Waals surface area contributed by atoms with Gasteiger partial charge in [0.25, 0.3) is 11.8 Å². The first-order valence-corrected chi connectivity index (χ1v) is 10.9. The number of carbonyl (C=O) groups excluding carboxylic acids is 3. The number of rotatable bonds is 6. The fraction of sp³-hybridized carbons (Fsp3) is 0.391. The van der Waals surface area contributed by atoms with Gasteiger partial charge in [-0.05, 0) is 31.4 Å². The number of nitrogens with one attached hydrogen (secondary N) is 2. The van der Waals surface area contributed by atoms with Gasteiger partial charge in [0, 0.05) is 54.1 Å². The van der Waals surface area contributed by atoms with Crippen LogP contribution in [0.5, 0.6) is 0 Å². The summed E-state index contributed by atoms with van der Waals surface area (Å²) in [6.07, 6.45) is 3.11. The minimum absolute atomic E-state index is 0.0973. The predicted octanol–water partition coefficient (Wildman–Crippen LogP) is 1.96. The van der Waals surface area contributed by atoms with E-state index in [1.165, 1.54) is 0 Å². The fourth-order valence-electron chi connectivity index (χ4n) is 4.63. The second-order valence-corrected chi connectivity index (χ2v) is 8.83. The lowest BCUT2D eigenvalue weighted by atomic mass is 10.0. The molecule has 2 aliphatic rings. The topological polar surface area (TPSA) is 128 Å². The van der Waals surface area contributed by atoms with E-state index in [1.807, 2.05) is 30.3 Å². The Morgan fingerprint density at radius 3 is 2.75 bits per heavy atom. The number of aromatic nitrogens is 3. The van der Waals surface area contributed by atoms with Gasteiger partial charge in [-0.1, -0.05) is 18.2 Å². The maximum Gasteiger partial charge on any atom is 0.274 e. The van der Waals surface area contributed by atoms with Crippen molar-refractivity contribution in [3.63, 3.8) is 0 Å². The zero-order valence-corrected chi connectivity index (χ0v) is 18.0. The number of hydrogen-bond donors (Lipinski definition) is 3. The molecule has 0 bridgehead atoms. The van der Waals surface area contributed by atoms with Crippen molar-refractivity contribution in [2.75, 3.05) is 13.6 Å². The SMILES string of the molecule is CN(C(=O)c1n[nH]c2c1CN(C(=O)c1cc3ccccc3[nH]1)CC2)C1(CCC(N)=O)CC1. The second kappa shape index (κ2) is 7.51. The summed E-state index contributed by atoms with van der Waals surface area (Å²) in [4.78, 5) is 44.3. The average molecular weight is 435 g/mol. The maximum atomic E-state index is 13.3. The average Bonchev–Trinajstić information content (AvgIpc) is 3.27. The predicted molar refractivity (Wildman–Crippen MR) is 118 cm³/mol. The maximum absolute atomic E-state index is 13.3. The van der Waals surface area contributed by atoms with Gasteiger partial charge < -0.3 is 20.5 Å². The van der Waals surface area contributed by atoms with E-state index in [0.717, 1.165) is 35.0 Å². The summed E-state index contributed by atoms with van der Waals surface area (Å²) < 4.78 is 0. The summed E-state index contributed by atoms with van der Waals surface area (Å²) in [5, 5.41) is 8.28. The molecule has 0 atom stereocenters. The second-order valence-electron chi connectivity index (χ2n) is 8.83. The molecule has 1 aliphatic carbocycles. The quantitative estimate of drug-likeness (QED) is 0.548. The summed E-state index contributed by atoms with van der Waals surface area (Å²) in [7, 11) is 1.76. The molecule has 4 N–H and O–H groups in total. The van der Waals surface area contributed by atoms with Gasteiger partial charge in [-0.15, -0.1) is 0 Å². The molecule has 32 heavy (non-hydrogen) atoms. The molecule has 1 aromatic carbocycles. The number of nitrogens with zero attached hydrogens (tertiary/aromatic N) is 3. The van der Waals surface area contributed by atoms with Crippen molar-refractivity contribution in [3.8, 4) is 0 Å². The van der Waals surface area contributed by atoms with E-state index in [0.29, 0.717) is 37.3 Å².